The van der Waals surface area contributed by atoms with Crippen molar-refractivity contribution >= 4 is 23.3 Å². The Bertz CT molecular complexity index is 908. The van der Waals surface area contributed by atoms with Gasteiger partial charge in [0.05, 0.1) is 12.0 Å². The second kappa shape index (κ2) is 7.95. The zero-order valence-corrected chi connectivity index (χ0v) is 15.0. The molecule has 9 nitrogen and oxygen atoms in total. The minimum Gasteiger partial charge on any atom is -0.497 e. The number of nitrogens with one attached hydrogen (secondary N) is 2. The van der Waals surface area contributed by atoms with Crippen LogP contribution in [-0.4, -0.2) is 35.1 Å². The van der Waals surface area contributed by atoms with E-state index in [0.29, 0.717) is 17.0 Å². The lowest BCUT2D eigenvalue weighted by Gasteiger charge is -2.16. The van der Waals surface area contributed by atoms with Crippen LogP contribution in [0.25, 0.3) is 0 Å². The van der Waals surface area contributed by atoms with Crippen molar-refractivity contribution < 1.29 is 24.4 Å². The van der Waals surface area contributed by atoms with Crippen molar-refractivity contribution in [1.29, 1.82) is 0 Å². The van der Waals surface area contributed by atoms with E-state index in [9.17, 15) is 24.8 Å². The number of nitro groups is 1. The highest BCUT2D eigenvalue weighted by molar-refractivity contribution is 5.98. The average Bonchev–Trinajstić information content (AvgIpc) is 3.50. The maximum Gasteiger partial charge on any atom is 0.330 e. The number of hydrogen-bond acceptors (Lipinski definition) is 6. The summed E-state index contributed by atoms with van der Waals surface area (Å²) in [4.78, 5) is 34.9. The number of methoxy groups -OCH3 is 1. The molecule has 0 radical (unpaired) electrons. The quantitative estimate of drug-likeness (QED) is 0.470. The molecule has 9 heteroatoms. The van der Waals surface area contributed by atoms with Gasteiger partial charge in [0.15, 0.2) is 6.04 Å². The van der Waals surface area contributed by atoms with Crippen molar-refractivity contribution in [3.05, 3.63) is 63.7 Å². The number of rotatable bonds is 8. The Kier molecular flexibility index (Phi) is 5.44. The van der Waals surface area contributed by atoms with Gasteiger partial charge >= 0.3 is 5.97 Å². The zero-order chi connectivity index (χ0) is 20.3. The highest BCUT2D eigenvalue weighted by Gasteiger charge is 2.27. The molecule has 0 bridgehead atoms. The van der Waals surface area contributed by atoms with Crippen LogP contribution in [0, 0.1) is 10.1 Å². The van der Waals surface area contributed by atoms with Gasteiger partial charge in [0.1, 0.15) is 11.4 Å². The second-order valence-corrected chi connectivity index (χ2v) is 6.43. The molecule has 1 saturated carbocycles. The molecule has 2 aromatic carbocycles. The van der Waals surface area contributed by atoms with E-state index in [2.05, 4.69) is 10.6 Å². The summed E-state index contributed by atoms with van der Waals surface area (Å²) in [6.07, 6.45) is 1.89. The summed E-state index contributed by atoms with van der Waals surface area (Å²) < 4.78 is 5.03. The van der Waals surface area contributed by atoms with Crippen molar-refractivity contribution in [2.24, 2.45) is 0 Å². The Labute approximate surface area is 160 Å². The lowest BCUT2D eigenvalue weighted by atomic mass is 10.1. The average molecular weight is 385 g/mol. The Hall–Kier alpha value is -3.62. The molecular weight excluding hydrogens is 366 g/mol. The first kappa shape index (κ1) is 19.2. The van der Waals surface area contributed by atoms with Gasteiger partial charge in [-0.25, -0.2) is 4.79 Å². The molecule has 3 N–H and O–H groups in total. The number of carbonyl (C=O) groups excluding carboxylic acids is 1. The van der Waals surface area contributed by atoms with E-state index in [1.54, 1.807) is 12.1 Å². The van der Waals surface area contributed by atoms with E-state index >= 15 is 0 Å². The molecule has 3 rings (SSSR count). The third-order valence-electron chi connectivity index (χ3n) is 4.37. The van der Waals surface area contributed by atoms with Crippen LogP contribution in [-0.2, 0) is 4.79 Å². The first-order valence-corrected chi connectivity index (χ1v) is 8.61. The number of carbonyl (C=O) groups is 2. The smallest absolute Gasteiger partial charge is 0.330 e. The summed E-state index contributed by atoms with van der Waals surface area (Å²) in [5, 5.41) is 26.3. The maximum atomic E-state index is 12.5. The van der Waals surface area contributed by atoms with E-state index in [0.717, 1.165) is 18.9 Å². The van der Waals surface area contributed by atoms with Gasteiger partial charge in [-0.05, 0) is 42.7 Å². The summed E-state index contributed by atoms with van der Waals surface area (Å²) >= 11 is 0. The summed E-state index contributed by atoms with van der Waals surface area (Å²) in [5.74, 6) is -1.42. The zero-order valence-electron chi connectivity index (χ0n) is 15.0. The summed E-state index contributed by atoms with van der Waals surface area (Å²) in [6, 6.07) is 9.18. The van der Waals surface area contributed by atoms with Crippen LogP contribution in [0.5, 0.6) is 5.75 Å². The van der Waals surface area contributed by atoms with Gasteiger partial charge in [-0.15, -0.1) is 0 Å². The number of benzene rings is 2. The van der Waals surface area contributed by atoms with Gasteiger partial charge < -0.3 is 20.5 Å². The molecule has 0 aromatic heterocycles. The third-order valence-corrected chi connectivity index (χ3v) is 4.37. The molecule has 0 saturated heterocycles. The monoisotopic (exact) mass is 385 g/mol. The highest BCUT2D eigenvalue weighted by atomic mass is 16.6. The largest absolute Gasteiger partial charge is 0.497 e. The summed E-state index contributed by atoms with van der Waals surface area (Å²) in [5.41, 5.74) is 0.473. The summed E-state index contributed by atoms with van der Waals surface area (Å²) in [7, 11) is 1.49. The number of carboxylic acid groups (broad SMARTS) is 1. The topological polar surface area (TPSA) is 131 Å². The van der Waals surface area contributed by atoms with Crippen LogP contribution in [0.1, 0.15) is 34.8 Å². The normalized spacial score (nSPS) is 14.0. The number of aliphatic carboxylic acids is 1. The van der Waals surface area contributed by atoms with Crippen LogP contribution in [0.15, 0.2) is 42.5 Å². The van der Waals surface area contributed by atoms with Crippen molar-refractivity contribution in [3.8, 4) is 5.75 Å². The molecule has 1 unspecified atom stereocenters. The molecule has 0 aliphatic heterocycles. The standard InChI is InChI=1S/C19H19N3O6/c1-28-14-7-2-11(3-8-14)17(19(24)25)21-18(23)12-4-9-15(20-13-5-6-13)16(10-12)22(26)27/h2-4,7-10,13,17,20H,5-6H2,1H3,(H,21,23)(H,24,25). The second-order valence-electron chi connectivity index (χ2n) is 6.43. The van der Waals surface area contributed by atoms with Crippen molar-refractivity contribution in [3.63, 3.8) is 0 Å². The lowest BCUT2D eigenvalue weighted by Crippen LogP contribution is -2.33. The SMILES string of the molecule is COc1ccc(C(NC(=O)c2ccc(NC3CC3)c([N+](=O)[O-])c2)C(=O)O)cc1. The fourth-order valence-corrected chi connectivity index (χ4v) is 2.69. The molecule has 0 heterocycles. The Balaban J connectivity index is 1.81. The number of ether oxygens (including phenoxy) is 1. The first-order valence-electron chi connectivity index (χ1n) is 8.61. The number of hydrogen-bond donors (Lipinski definition) is 3. The molecule has 146 valence electrons. The van der Waals surface area contributed by atoms with E-state index in [4.69, 9.17) is 4.74 Å². The Morgan fingerprint density at radius 3 is 2.43 bits per heavy atom. The maximum absolute atomic E-state index is 12.5. The summed E-state index contributed by atoms with van der Waals surface area (Å²) in [6.45, 7) is 0. The molecule has 1 aliphatic carbocycles. The molecule has 1 atom stereocenters. The molecule has 1 fully saturated rings. The molecule has 1 aliphatic rings. The van der Waals surface area contributed by atoms with E-state index in [1.807, 2.05) is 0 Å². The van der Waals surface area contributed by atoms with Crippen LogP contribution in [0.4, 0.5) is 11.4 Å². The van der Waals surface area contributed by atoms with E-state index in [1.165, 1.54) is 31.4 Å². The van der Waals surface area contributed by atoms with E-state index < -0.39 is 22.8 Å². The molecule has 28 heavy (non-hydrogen) atoms. The first-order chi connectivity index (χ1) is 13.4. The van der Waals surface area contributed by atoms with Crippen LogP contribution in [0.3, 0.4) is 0 Å². The fourth-order valence-electron chi connectivity index (χ4n) is 2.69. The van der Waals surface area contributed by atoms with Gasteiger partial charge in [-0.1, -0.05) is 12.1 Å². The molecule has 1 amide bonds. The highest BCUT2D eigenvalue weighted by Crippen LogP contribution is 2.31. The Morgan fingerprint density at radius 1 is 1.21 bits per heavy atom. The predicted octanol–water partition coefficient (Wildman–Crippen LogP) is 2.73. The number of anilines is 1. The lowest BCUT2D eigenvalue weighted by molar-refractivity contribution is -0.384. The predicted molar refractivity (Wildman–Crippen MR) is 101 cm³/mol. The third kappa shape index (κ3) is 4.37. The van der Waals surface area contributed by atoms with Gasteiger partial charge in [-0.2, -0.15) is 0 Å². The number of nitrogens with zero attached hydrogens (tertiary/aromatic N) is 1. The van der Waals surface area contributed by atoms with Crippen molar-refractivity contribution in [2.45, 2.75) is 24.9 Å². The molecule has 0 spiro atoms. The Morgan fingerprint density at radius 2 is 1.89 bits per heavy atom. The molecular formula is C19H19N3O6. The van der Waals surface area contributed by atoms with Crippen LogP contribution >= 0.6 is 0 Å². The van der Waals surface area contributed by atoms with Crippen molar-refractivity contribution in [2.75, 3.05) is 12.4 Å². The van der Waals surface area contributed by atoms with Crippen LogP contribution in [0.2, 0.25) is 0 Å². The minimum atomic E-state index is -1.30. The number of nitro benzene ring substituents is 1. The van der Waals surface area contributed by atoms with Gasteiger partial charge in [-0.3, -0.25) is 14.9 Å². The number of carboxylic acids is 1. The van der Waals surface area contributed by atoms with E-state index in [-0.39, 0.29) is 17.3 Å². The molecule has 2 aromatic rings. The minimum absolute atomic E-state index is 0.00723. The van der Waals surface area contributed by atoms with Gasteiger partial charge in [0, 0.05) is 17.7 Å². The van der Waals surface area contributed by atoms with Gasteiger partial charge in [0.2, 0.25) is 0 Å². The fraction of sp³-hybridized carbons (Fsp3) is 0.263. The van der Waals surface area contributed by atoms with Gasteiger partial charge in [0.25, 0.3) is 11.6 Å². The van der Waals surface area contributed by atoms with Crippen LogP contribution < -0.4 is 15.4 Å². The van der Waals surface area contributed by atoms with Crippen molar-refractivity contribution in [1.82, 2.24) is 5.32 Å². The number of amides is 1.